The molecule has 0 radical (unpaired) electrons. The standard InChI is InChI=1S/C15H16F2N4OS/c1-9(15(22)21-2-4-23-5-3-21)20-14-10-6-11(16)12(17)7-13(10)18-8-19-14/h6-9H,2-5H2,1H3,(H,18,19,20)/t9-/m0/s1. The first-order valence-electron chi connectivity index (χ1n) is 7.29. The number of nitrogens with zero attached hydrogens (tertiary/aromatic N) is 3. The summed E-state index contributed by atoms with van der Waals surface area (Å²) in [6, 6.07) is 1.55. The van der Waals surface area contributed by atoms with Crippen molar-refractivity contribution in [3.63, 3.8) is 0 Å². The number of nitrogens with one attached hydrogen (secondary N) is 1. The molecular weight excluding hydrogens is 322 g/mol. The number of rotatable bonds is 3. The number of halogens is 2. The molecule has 0 bridgehead atoms. The van der Waals surface area contributed by atoms with Crippen molar-refractivity contribution in [1.29, 1.82) is 0 Å². The fourth-order valence-electron chi connectivity index (χ4n) is 2.49. The minimum Gasteiger partial charge on any atom is -0.358 e. The van der Waals surface area contributed by atoms with Crippen molar-refractivity contribution in [1.82, 2.24) is 14.9 Å². The zero-order valence-corrected chi connectivity index (χ0v) is 13.4. The molecule has 1 atom stereocenters. The van der Waals surface area contributed by atoms with Crippen molar-refractivity contribution in [3.8, 4) is 0 Å². The van der Waals surface area contributed by atoms with Crippen molar-refractivity contribution in [2.24, 2.45) is 0 Å². The number of fused-ring (bicyclic) bond motifs is 1. The summed E-state index contributed by atoms with van der Waals surface area (Å²) in [7, 11) is 0. The zero-order chi connectivity index (χ0) is 16.4. The molecule has 0 saturated carbocycles. The fraction of sp³-hybridized carbons (Fsp3) is 0.400. The van der Waals surface area contributed by atoms with Gasteiger partial charge in [-0.25, -0.2) is 18.7 Å². The maximum Gasteiger partial charge on any atom is 0.244 e. The van der Waals surface area contributed by atoms with Crippen LogP contribution in [-0.2, 0) is 4.79 Å². The number of aromatic nitrogens is 2. The lowest BCUT2D eigenvalue weighted by Gasteiger charge is -2.29. The first kappa shape index (κ1) is 15.9. The Morgan fingerprint density at radius 1 is 1.26 bits per heavy atom. The van der Waals surface area contributed by atoms with Gasteiger partial charge < -0.3 is 10.2 Å². The molecule has 0 aliphatic carbocycles. The normalized spacial score (nSPS) is 16.4. The van der Waals surface area contributed by atoms with E-state index in [1.54, 1.807) is 11.8 Å². The molecule has 0 unspecified atom stereocenters. The van der Waals surface area contributed by atoms with Crippen LogP contribution in [0.3, 0.4) is 0 Å². The van der Waals surface area contributed by atoms with Crippen LogP contribution in [0.15, 0.2) is 18.5 Å². The van der Waals surface area contributed by atoms with Crippen molar-refractivity contribution in [3.05, 3.63) is 30.1 Å². The molecule has 8 heteroatoms. The summed E-state index contributed by atoms with van der Waals surface area (Å²) in [4.78, 5) is 22.2. The molecule has 2 heterocycles. The summed E-state index contributed by atoms with van der Waals surface area (Å²) >= 11 is 1.82. The van der Waals surface area contributed by atoms with E-state index >= 15 is 0 Å². The maximum absolute atomic E-state index is 13.5. The molecule has 0 spiro atoms. The molecule has 122 valence electrons. The number of carbonyl (C=O) groups excluding carboxylic acids is 1. The molecule has 1 aliphatic rings. The lowest BCUT2D eigenvalue weighted by atomic mass is 10.2. The van der Waals surface area contributed by atoms with Crippen LogP contribution in [0.4, 0.5) is 14.6 Å². The average molecular weight is 338 g/mol. The predicted molar refractivity (Wildman–Crippen MR) is 86.4 cm³/mol. The highest BCUT2D eigenvalue weighted by Crippen LogP contribution is 2.23. The highest BCUT2D eigenvalue weighted by Gasteiger charge is 2.23. The smallest absolute Gasteiger partial charge is 0.244 e. The number of hydrogen-bond acceptors (Lipinski definition) is 5. The van der Waals surface area contributed by atoms with Crippen LogP contribution < -0.4 is 5.32 Å². The van der Waals surface area contributed by atoms with Gasteiger partial charge in [-0.3, -0.25) is 4.79 Å². The molecular formula is C15H16F2N4OS. The summed E-state index contributed by atoms with van der Waals surface area (Å²) in [6.45, 7) is 3.18. The Kier molecular flexibility index (Phi) is 4.61. The lowest BCUT2D eigenvalue weighted by Crippen LogP contribution is -2.45. The number of hydrogen-bond donors (Lipinski definition) is 1. The third kappa shape index (κ3) is 3.36. The molecule has 1 N–H and O–H groups in total. The molecule has 1 fully saturated rings. The summed E-state index contributed by atoms with van der Waals surface area (Å²) in [5.74, 6) is 0.221. The van der Waals surface area contributed by atoms with E-state index in [0.717, 1.165) is 36.7 Å². The van der Waals surface area contributed by atoms with Gasteiger partial charge >= 0.3 is 0 Å². The van der Waals surface area contributed by atoms with Gasteiger partial charge in [-0.05, 0) is 13.0 Å². The van der Waals surface area contributed by atoms with Gasteiger partial charge in [0.15, 0.2) is 11.6 Å². The number of amides is 1. The van der Waals surface area contributed by atoms with E-state index in [4.69, 9.17) is 0 Å². The van der Waals surface area contributed by atoms with E-state index in [1.165, 1.54) is 6.33 Å². The Hall–Kier alpha value is -1.96. The van der Waals surface area contributed by atoms with E-state index in [9.17, 15) is 13.6 Å². The lowest BCUT2D eigenvalue weighted by molar-refractivity contribution is -0.131. The Balaban J connectivity index is 1.83. The van der Waals surface area contributed by atoms with Gasteiger partial charge in [0.2, 0.25) is 5.91 Å². The molecule has 2 aromatic rings. The first-order valence-corrected chi connectivity index (χ1v) is 8.44. The molecule has 1 amide bonds. The second-order valence-corrected chi connectivity index (χ2v) is 6.53. The summed E-state index contributed by atoms with van der Waals surface area (Å²) in [5, 5.41) is 3.34. The topological polar surface area (TPSA) is 58.1 Å². The fourth-order valence-corrected chi connectivity index (χ4v) is 3.39. The van der Waals surface area contributed by atoms with Crippen molar-refractivity contribution >= 4 is 34.4 Å². The number of carbonyl (C=O) groups is 1. The van der Waals surface area contributed by atoms with Gasteiger partial charge in [0.25, 0.3) is 0 Å². The Labute approximate surface area is 136 Å². The van der Waals surface area contributed by atoms with Crippen LogP contribution in [0, 0.1) is 11.6 Å². The highest BCUT2D eigenvalue weighted by molar-refractivity contribution is 7.99. The van der Waals surface area contributed by atoms with Gasteiger partial charge in [-0.1, -0.05) is 0 Å². The Morgan fingerprint density at radius 3 is 2.70 bits per heavy atom. The van der Waals surface area contributed by atoms with E-state index in [0.29, 0.717) is 11.2 Å². The quantitative estimate of drug-likeness (QED) is 0.930. The number of thioether (sulfide) groups is 1. The van der Waals surface area contributed by atoms with Crippen molar-refractivity contribution in [2.45, 2.75) is 13.0 Å². The van der Waals surface area contributed by atoms with Crippen molar-refractivity contribution < 1.29 is 13.6 Å². The monoisotopic (exact) mass is 338 g/mol. The molecule has 1 aliphatic heterocycles. The third-order valence-corrected chi connectivity index (χ3v) is 4.67. The van der Waals surface area contributed by atoms with E-state index in [2.05, 4.69) is 15.3 Å². The SMILES string of the molecule is C[C@H](Nc1ncnc2cc(F)c(F)cc12)C(=O)N1CCSCC1. The van der Waals surface area contributed by atoms with Crippen LogP contribution in [0.2, 0.25) is 0 Å². The van der Waals surface area contributed by atoms with E-state index < -0.39 is 17.7 Å². The largest absolute Gasteiger partial charge is 0.358 e. The highest BCUT2D eigenvalue weighted by atomic mass is 32.2. The second-order valence-electron chi connectivity index (χ2n) is 5.31. The Bertz CT molecular complexity index is 737. The summed E-state index contributed by atoms with van der Waals surface area (Å²) < 4.78 is 26.8. The molecule has 3 rings (SSSR count). The summed E-state index contributed by atoms with van der Waals surface area (Å²) in [6.07, 6.45) is 1.26. The molecule has 1 aromatic carbocycles. The third-order valence-electron chi connectivity index (χ3n) is 3.72. The minimum atomic E-state index is -0.970. The van der Waals surface area contributed by atoms with Crippen LogP contribution in [0.1, 0.15) is 6.92 Å². The van der Waals surface area contributed by atoms with Gasteiger partial charge in [0.05, 0.1) is 5.52 Å². The van der Waals surface area contributed by atoms with Crippen molar-refractivity contribution in [2.75, 3.05) is 29.9 Å². The van der Waals surface area contributed by atoms with Crippen LogP contribution >= 0.6 is 11.8 Å². The van der Waals surface area contributed by atoms with Gasteiger partial charge in [-0.15, -0.1) is 0 Å². The first-order chi connectivity index (χ1) is 11.1. The van der Waals surface area contributed by atoms with E-state index in [1.807, 2.05) is 11.8 Å². The van der Waals surface area contributed by atoms with Gasteiger partial charge in [0.1, 0.15) is 18.2 Å². The van der Waals surface area contributed by atoms with Gasteiger partial charge in [-0.2, -0.15) is 11.8 Å². The minimum absolute atomic E-state index is 0.0281. The predicted octanol–water partition coefficient (Wildman–Crippen LogP) is 2.28. The summed E-state index contributed by atoms with van der Waals surface area (Å²) in [5.41, 5.74) is 0.287. The second kappa shape index (κ2) is 6.66. The van der Waals surface area contributed by atoms with E-state index in [-0.39, 0.29) is 11.4 Å². The van der Waals surface area contributed by atoms with Crippen LogP contribution in [0.5, 0.6) is 0 Å². The molecule has 5 nitrogen and oxygen atoms in total. The number of anilines is 1. The van der Waals surface area contributed by atoms with Crippen LogP contribution in [0.25, 0.3) is 10.9 Å². The molecule has 1 saturated heterocycles. The maximum atomic E-state index is 13.5. The molecule has 23 heavy (non-hydrogen) atoms. The Morgan fingerprint density at radius 2 is 1.96 bits per heavy atom. The van der Waals surface area contributed by atoms with Gasteiger partial charge in [0, 0.05) is 36.0 Å². The molecule has 1 aromatic heterocycles. The van der Waals surface area contributed by atoms with Crippen LogP contribution in [-0.4, -0.2) is 51.4 Å². The average Bonchev–Trinajstić information content (AvgIpc) is 2.56. The zero-order valence-electron chi connectivity index (χ0n) is 12.6. The number of benzene rings is 1.